The Hall–Kier alpha value is 1.42. The molecule has 3 nitrogen and oxygen atoms in total. The quantitative estimate of drug-likeness (QED) is 0.140. The molecule has 0 aliphatic rings. The van der Waals surface area contributed by atoms with Gasteiger partial charge in [-0.15, -0.1) is 0 Å². The van der Waals surface area contributed by atoms with Crippen LogP contribution in [0.2, 0.25) is 0 Å². The van der Waals surface area contributed by atoms with Gasteiger partial charge in [-0.25, -0.2) is 0 Å². The standard InChI is InChI=1S/C20H45F3O3P4S/c1-8-27(9-2)14-17-30(7,18-15-28(10-3)11-4,19-16-29(12-5)13-6)26-31(24,25)20(21,22)23/h8-19H2,1-7H3. The number of hydrogen-bond donors (Lipinski definition) is 0. The molecule has 0 aromatic carbocycles. The molecule has 0 radical (unpaired) electrons. The van der Waals surface area contributed by atoms with E-state index >= 15 is 0 Å². The molecule has 0 unspecified atom stereocenters. The third-order valence-corrected chi connectivity index (χ3v) is 23.1. The van der Waals surface area contributed by atoms with Crippen molar-refractivity contribution in [3.05, 3.63) is 0 Å². The first-order valence-corrected chi connectivity index (χ1v) is 21.7. The molecule has 190 valence electrons. The van der Waals surface area contributed by atoms with Crippen LogP contribution < -0.4 is 0 Å². The molecule has 0 aliphatic heterocycles. The summed E-state index contributed by atoms with van der Waals surface area (Å²) in [6, 6.07) is 0. The third-order valence-electron chi connectivity index (χ3n) is 6.44. The summed E-state index contributed by atoms with van der Waals surface area (Å²) in [6.45, 7) is 10.9. The van der Waals surface area contributed by atoms with E-state index in [9.17, 15) is 21.6 Å². The minimum atomic E-state index is -5.62. The van der Waals surface area contributed by atoms with Gasteiger partial charge in [0.2, 0.25) is 0 Å². The molecule has 0 amide bonds. The van der Waals surface area contributed by atoms with E-state index in [1.54, 1.807) is 0 Å². The fourth-order valence-corrected chi connectivity index (χ4v) is 21.4. The first-order valence-electron chi connectivity index (χ1n) is 11.4. The molecule has 0 aromatic heterocycles. The second-order valence-electron chi connectivity index (χ2n) is 8.42. The van der Waals surface area contributed by atoms with Crippen molar-refractivity contribution >= 4 is 40.7 Å². The Morgan fingerprint density at radius 1 is 0.677 bits per heavy atom. The molecule has 31 heavy (non-hydrogen) atoms. The second-order valence-corrected chi connectivity index (χ2v) is 25.3. The summed E-state index contributed by atoms with van der Waals surface area (Å²) in [4.78, 5) is 0. The Bertz CT molecular complexity index is 562. The molecule has 0 spiro atoms. The van der Waals surface area contributed by atoms with E-state index < -0.39 is 22.5 Å². The van der Waals surface area contributed by atoms with Crippen molar-refractivity contribution in [1.29, 1.82) is 0 Å². The molecule has 0 fully saturated rings. The zero-order valence-electron chi connectivity index (χ0n) is 20.5. The molecule has 11 heteroatoms. The number of halogens is 3. The topological polar surface area (TPSA) is 43.4 Å². The van der Waals surface area contributed by atoms with Crippen molar-refractivity contribution in [2.45, 2.75) is 47.1 Å². The van der Waals surface area contributed by atoms with Crippen LogP contribution in [-0.4, -0.2) is 94.5 Å². The number of rotatable bonds is 17. The molecule has 0 rings (SSSR count). The molecule has 0 bridgehead atoms. The van der Waals surface area contributed by atoms with Crippen LogP contribution in [0.25, 0.3) is 0 Å². The van der Waals surface area contributed by atoms with Gasteiger partial charge in [-0.3, -0.25) is 0 Å². The zero-order valence-corrected chi connectivity index (χ0v) is 24.9. The fourth-order valence-electron chi connectivity index (χ4n) is 3.69. The summed E-state index contributed by atoms with van der Waals surface area (Å²) < 4.78 is 70.5. The van der Waals surface area contributed by atoms with Gasteiger partial charge in [0.25, 0.3) is 0 Å². The maximum absolute atomic E-state index is 13.4. The summed E-state index contributed by atoms with van der Waals surface area (Å²) in [5.74, 6) is 0. The van der Waals surface area contributed by atoms with E-state index in [0.717, 1.165) is 55.5 Å². The van der Waals surface area contributed by atoms with Crippen molar-refractivity contribution in [2.75, 3.05) is 80.6 Å². The van der Waals surface area contributed by atoms with Crippen molar-refractivity contribution < 1.29 is 25.6 Å². The van der Waals surface area contributed by atoms with Crippen LogP contribution in [0.15, 0.2) is 0 Å². The van der Waals surface area contributed by atoms with Gasteiger partial charge in [-0.1, -0.05) is 0 Å². The van der Waals surface area contributed by atoms with Gasteiger partial charge in [0.1, 0.15) is 0 Å². The van der Waals surface area contributed by atoms with Gasteiger partial charge in [0, 0.05) is 0 Å². The van der Waals surface area contributed by atoms with Gasteiger partial charge >= 0.3 is 194 Å². The summed E-state index contributed by atoms with van der Waals surface area (Å²) >= 11 is 0. The van der Waals surface area contributed by atoms with Crippen LogP contribution in [-0.2, 0) is 14.1 Å². The van der Waals surface area contributed by atoms with Crippen LogP contribution >= 0.6 is 30.6 Å². The van der Waals surface area contributed by atoms with E-state index in [2.05, 4.69) is 41.5 Å². The molecule has 0 atom stereocenters. The number of alkyl halides is 3. The average molecular weight is 547 g/mol. The van der Waals surface area contributed by atoms with Crippen molar-refractivity contribution in [2.24, 2.45) is 0 Å². The van der Waals surface area contributed by atoms with Crippen LogP contribution in [0, 0.1) is 0 Å². The normalized spacial score (nSPS) is 15.1. The Morgan fingerprint density at radius 2 is 0.935 bits per heavy atom. The number of hydrogen-bond acceptors (Lipinski definition) is 3. The Balaban J connectivity index is 6.27. The van der Waals surface area contributed by atoms with Crippen molar-refractivity contribution in [1.82, 2.24) is 0 Å². The Kier molecular flexibility index (Phi) is 14.7. The van der Waals surface area contributed by atoms with Gasteiger partial charge < -0.3 is 0 Å². The van der Waals surface area contributed by atoms with Gasteiger partial charge in [-0.2, -0.15) is 0 Å². The van der Waals surface area contributed by atoms with Crippen LogP contribution in [0.4, 0.5) is 13.2 Å². The SMILES string of the molecule is CCP(CC)CCP(C)(CCP(CC)CC)(CCP(CC)CC)OS(=O)(=O)C(F)(F)F. The Labute approximate surface area is 193 Å². The molecule has 0 N–H and O–H groups in total. The van der Waals surface area contributed by atoms with E-state index in [-0.39, 0.29) is 23.8 Å². The molecule has 0 saturated carbocycles. The van der Waals surface area contributed by atoms with Crippen LogP contribution in [0.3, 0.4) is 0 Å². The second kappa shape index (κ2) is 14.1. The van der Waals surface area contributed by atoms with Crippen molar-refractivity contribution in [3.63, 3.8) is 0 Å². The van der Waals surface area contributed by atoms with E-state index in [1.165, 1.54) is 0 Å². The van der Waals surface area contributed by atoms with E-state index in [4.69, 9.17) is 3.97 Å². The predicted molar refractivity (Wildman–Crippen MR) is 142 cm³/mol. The Morgan fingerprint density at radius 3 is 1.13 bits per heavy atom. The summed E-state index contributed by atoms with van der Waals surface area (Å²) in [7, 11) is -6.52. The van der Waals surface area contributed by atoms with Crippen molar-refractivity contribution in [3.8, 4) is 0 Å². The molecule has 0 aliphatic carbocycles. The molecule has 0 aromatic rings. The van der Waals surface area contributed by atoms with Gasteiger partial charge in [0.15, 0.2) is 0 Å². The summed E-state index contributed by atoms with van der Waals surface area (Å²) in [6.07, 6.45) is 9.98. The minimum absolute atomic E-state index is 0.302. The van der Waals surface area contributed by atoms with Gasteiger partial charge in [0.05, 0.1) is 0 Å². The molecular formula is C20H45F3O3P4S. The molecule has 0 saturated heterocycles. The fraction of sp³-hybridized carbons (Fsp3) is 1.00. The monoisotopic (exact) mass is 546 g/mol. The van der Waals surface area contributed by atoms with Crippen LogP contribution in [0.1, 0.15) is 41.5 Å². The average Bonchev–Trinajstić information content (AvgIpc) is 2.69. The first kappa shape index (κ1) is 32.4. The zero-order chi connectivity index (χ0) is 24.4. The first-order chi connectivity index (χ1) is 14.2. The summed E-state index contributed by atoms with van der Waals surface area (Å²) in [5, 5.41) is 0. The third kappa shape index (κ3) is 10.7. The maximum atomic E-state index is 13.4. The van der Waals surface area contributed by atoms with E-state index in [0.29, 0.717) is 18.5 Å². The predicted octanol–water partition coefficient (Wildman–Crippen LogP) is 7.52. The van der Waals surface area contributed by atoms with Gasteiger partial charge in [-0.05, 0) is 0 Å². The molecule has 0 heterocycles. The van der Waals surface area contributed by atoms with E-state index in [1.807, 2.05) is 6.66 Å². The van der Waals surface area contributed by atoms with Crippen LogP contribution in [0.5, 0.6) is 0 Å². The molecular weight excluding hydrogens is 501 g/mol. The summed E-state index contributed by atoms with van der Waals surface area (Å²) in [5.41, 5.74) is -5.37.